The zero-order chi connectivity index (χ0) is 16.2. The second-order valence-corrected chi connectivity index (χ2v) is 5.30. The van der Waals surface area contributed by atoms with Crippen LogP contribution in [0, 0.1) is 5.82 Å². The summed E-state index contributed by atoms with van der Waals surface area (Å²) in [5, 5.41) is 10.6. The number of benzene rings is 1. The minimum atomic E-state index is -0.302. The van der Waals surface area contributed by atoms with Crippen LogP contribution >= 0.6 is 0 Å². The van der Waals surface area contributed by atoms with Gasteiger partial charge in [0.1, 0.15) is 11.5 Å². The maximum absolute atomic E-state index is 14.4. The SMILES string of the molecule is CC(=O)NCc1cn(-c2ccc(N3CCOCC3)c(F)c2)nn1. The van der Waals surface area contributed by atoms with Crippen molar-refractivity contribution in [3.8, 4) is 5.69 Å². The van der Waals surface area contributed by atoms with Crippen molar-refractivity contribution < 1.29 is 13.9 Å². The van der Waals surface area contributed by atoms with Gasteiger partial charge in [-0.3, -0.25) is 4.79 Å². The fraction of sp³-hybridized carbons (Fsp3) is 0.400. The van der Waals surface area contributed by atoms with Gasteiger partial charge in [0.05, 0.1) is 37.3 Å². The van der Waals surface area contributed by atoms with Crippen molar-refractivity contribution in [3.05, 3.63) is 35.9 Å². The minimum Gasteiger partial charge on any atom is -0.378 e. The first-order valence-electron chi connectivity index (χ1n) is 7.42. The number of carbonyl (C=O) groups excluding carboxylic acids is 1. The van der Waals surface area contributed by atoms with Crippen LogP contribution in [-0.2, 0) is 16.1 Å². The lowest BCUT2D eigenvalue weighted by Gasteiger charge is -2.29. The summed E-state index contributed by atoms with van der Waals surface area (Å²) in [6.45, 7) is 4.31. The Bertz CT molecular complexity index is 697. The molecule has 2 aromatic rings. The summed E-state index contributed by atoms with van der Waals surface area (Å²) in [4.78, 5) is 12.9. The molecule has 1 aliphatic rings. The molecule has 0 atom stereocenters. The van der Waals surface area contributed by atoms with Crippen LogP contribution in [0.5, 0.6) is 0 Å². The summed E-state index contributed by atoms with van der Waals surface area (Å²) in [7, 11) is 0. The molecule has 1 fully saturated rings. The number of hydrogen-bond acceptors (Lipinski definition) is 5. The number of morpholine rings is 1. The molecule has 0 spiro atoms. The van der Waals surface area contributed by atoms with E-state index in [4.69, 9.17) is 4.74 Å². The molecule has 0 radical (unpaired) electrons. The monoisotopic (exact) mass is 319 g/mol. The molecule has 23 heavy (non-hydrogen) atoms. The van der Waals surface area contributed by atoms with Gasteiger partial charge < -0.3 is 15.0 Å². The van der Waals surface area contributed by atoms with Gasteiger partial charge in [-0.2, -0.15) is 0 Å². The molecule has 8 heteroatoms. The van der Waals surface area contributed by atoms with Crippen molar-refractivity contribution in [2.45, 2.75) is 13.5 Å². The van der Waals surface area contributed by atoms with Crippen LogP contribution < -0.4 is 10.2 Å². The van der Waals surface area contributed by atoms with Gasteiger partial charge in [-0.1, -0.05) is 5.21 Å². The molecular weight excluding hydrogens is 301 g/mol. The molecule has 0 unspecified atom stereocenters. The van der Waals surface area contributed by atoms with Crippen LogP contribution in [0.4, 0.5) is 10.1 Å². The summed E-state index contributed by atoms with van der Waals surface area (Å²) in [6, 6.07) is 4.97. The van der Waals surface area contributed by atoms with Crippen molar-refractivity contribution >= 4 is 11.6 Å². The average molecular weight is 319 g/mol. The molecule has 1 aliphatic heterocycles. The molecule has 2 heterocycles. The molecular formula is C15H18FN5O2. The Hall–Kier alpha value is -2.48. The van der Waals surface area contributed by atoms with E-state index < -0.39 is 0 Å². The Balaban J connectivity index is 1.75. The van der Waals surface area contributed by atoms with Crippen molar-refractivity contribution in [1.82, 2.24) is 20.3 Å². The number of halogens is 1. The predicted molar refractivity (Wildman–Crippen MR) is 81.9 cm³/mol. The Labute approximate surface area is 133 Å². The second-order valence-electron chi connectivity index (χ2n) is 5.30. The Kier molecular flexibility index (Phi) is 4.52. The van der Waals surface area contributed by atoms with Crippen LogP contribution in [-0.4, -0.2) is 47.2 Å². The first kappa shape index (κ1) is 15.4. The van der Waals surface area contributed by atoms with E-state index in [1.54, 1.807) is 18.3 Å². The van der Waals surface area contributed by atoms with Gasteiger partial charge >= 0.3 is 0 Å². The highest BCUT2D eigenvalue weighted by Gasteiger charge is 2.16. The van der Waals surface area contributed by atoms with E-state index in [-0.39, 0.29) is 11.7 Å². The number of rotatable bonds is 4. The first-order valence-corrected chi connectivity index (χ1v) is 7.42. The lowest BCUT2D eigenvalue weighted by molar-refractivity contribution is -0.119. The molecule has 1 aromatic carbocycles. The zero-order valence-electron chi connectivity index (χ0n) is 12.8. The van der Waals surface area contributed by atoms with E-state index in [1.807, 2.05) is 4.90 Å². The van der Waals surface area contributed by atoms with Crippen LogP contribution in [0.25, 0.3) is 5.69 Å². The van der Waals surface area contributed by atoms with Crippen molar-refractivity contribution in [1.29, 1.82) is 0 Å². The van der Waals surface area contributed by atoms with Gasteiger partial charge in [-0.15, -0.1) is 5.10 Å². The van der Waals surface area contributed by atoms with E-state index in [2.05, 4.69) is 15.6 Å². The first-order chi connectivity index (χ1) is 11.1. The molecule has 1 saturated heterocycles. The van der Waals surface area contributed by atoms with Crippen LogP contribution in [0.1, 0.15) is 12.6 Å². The van der Waals surface area contributed by atoms with Crippen LogP contribution in [0.15, 0.2) is 24.4 Å². The Morgan fingerprint density at radius 2 is 2.17 bits per heavy atom. The van der Waals surface area contributed by atoms with E-state index in [0.29, 0.717) is 49.9 Å². The van der Waals surface area contributed by atoms with E-state index >= 15 is 0 Å². The zero-order valence-corrected chi connectivity index (χ0v) is 12.8. The van der Waals surface area contributed by atoms with E-state index in [9.17, 15) is 9.18 Å². The Morgan fingerprint density at radius 3 is 2.87 bits per heavy atom. The van der Waals surface area contributed by atoms with Gasteiger partial charge in [0, 0.05) is 26.1 Å². The normalized spacial score (nSPS) is 14.8. The smallest absolute Gasteiger partial charge is 0.217 e. The van der Waals surface area contributed by atoms with Gasteiger partial charge in [-0.05, 0) is 12.1 Å². The fourth-order valence-corrected chi connectivity index (χ4v) is 2.42. The number of aromatic nitrogens is 3. The lowest BCUT2D eigenvalue weighted by atomic mass is 10.2. The van der Waals surface area contributed by atoms with Gasteiger partial charge in [0.25, 0.3) is 0 Å². The predicted octanol–water partition coefficient (Wildman–Crippen LogP) is 0.879. The topological polar surface area (TPSA) is 72.3 Å². The molecule has 7 nitrogen and oxygen atoms in total. The fourth-order valence-electron chi connectivity index (χ4n) is 2.42. The highest BCUT2D eigenvalue weighted by atomic mass is 19.1. The standard InChI is InChI=1S/C15H18FN5O2/c1-11(22)17-9-12-10-21(19-18-12)13-2-3-15(14(16)8-13)20-4-6-23-7-5-20/h2-3,8,10H,4-7,9H2,1H3,(H,17,22). The van der Waals surface area contributed by atoms with Gasteiger partial charge in [0.2, 0.25) is 5.91 Å². The maximum atomic E-state index is 14.4. The number of ether oxygens (including phenoxy) is 1. The summed E-state index contributed by atoms with van der Waals surface area (Å²) in [5.41, 5.74) is 1.76. The summed E-state index contributed by atoms with van der Waals surface area (Å²) in [5.74, 6) is -0.441. The molecule has 1 N–H and O–H groups in total. The van der Waals surface area contributed by atoms with Crippen LogP contribution in [0.3, 0.4) is 0 Å². The summed E-state index contributed by atoms with van der Waals surface area (Å²) in [6.07, 6.45) is 1.67. The molecule has 1 aromatic heterocycles. The number of anilines is 1. The van der Waals surface area contributed by atoms with E-state index in [1.165, 1.54) is 17.7 Å². The third kappa shape index (κ3) is 3.65. The minimum absolute atomic E-state index is 0.138. The Morgan fingerprint density at radius 1 is 1.39 bits per heavy atom. The second kappa shape index (κ2) is 6.74. The summed E-state index contributed by atoms with van der Waals surface area (Å²) < 4.78 is 21.1. The maximum Gasteiger partial charge on any atom is 0.217 e. The number of nitrogens with one attached hydrogen (secondary N) is 1. The third-order valence-corrected chi connectivity index (χ3v) is 3.61. The van der Waals surface area contributed by atoms with Gasteiger partial charge in [0.15, 0.2) is 0 Å². The largest absolute Gasteiger partial charge is 0.378 e. The number of carbonyl (C=O) groups is 1. The number of hydrogen-bond donors (Lipinski definition) is 1. The molecule has 1 amide bonds. The molecule has 0 aliphatic carbocycles. The van der Waals surface area contributed by atoms with Gasteiger partial charge in [-0.25, -0.2) is 9.07 Å². The quantitative estimate of drug-likeness (QED) is 0.906. The van der Waals surface area contributed by atoms with Crippen molar-refractivity contribution in [2.75, 3.05) is 31.2 Å². The van der Waals surface area contributed by atoms with E-state index in [0.717, 1.165) is 0 Å². The molecule has 0 bridgehead atoms. The molecule has 122 valence electrons. The van der Waals surface area contributed by atoms with Crippen LogP contribution in [0.2, 0.25) is 0 Å². The van der Waals surface area contributed by atoms with Crippen molar-refractivity contribution in [2.24, 2.45) is 0 Å². The third-order valence-electron chi connectivity index (χ3n) is 3.61. The summed E-state index contributed by atoms with van der Waals surface area (Å²) >= 11 is 0. The highest BCUT2D eigenvalue weighted by Crippen LogP contribution is 2.23. The number of amides is 1. The highest BCUT2D eigenvalue weighted by molar-refractivity contribution is 5.72. The average Bonchev–Trinajstić information content (AvgIpc) is 3.02. The lowest BCUT2D eigenvalue weighted by Crippen LogP contribution is -2.36. The molecule has 3 rings (SSSR count). The number of nitrogens with zero attached hydrogens (tertiary/aromatic N) is 4. The van der Waals surface area contributed by atoms with Crippen molar-refractivity contribution in [3.63, 3.8) is 0 Å². The molecule has 0 saturated carbocycles.